The van der Waals surface area contributed by atoms with E-state index in [0.29, 0.717) is 5.69 Å². The maximum atomic E-state index is 11.6. The molecule has 0 atom stereocenters. The van der Waals surface area contributed by atoms with Gasteiger partial charge in [0.25, 0.3) is 0 Å². The molecule has 0 bridgehead atoms. The Hall–Kier alpha value is -1.34. The van der Waals surface area contributed by atoms with Crippen LogP contribution in [0.1, 0.15) is 5.69 Å². The van der Waals surface area contributed by atoms with Gasteiger partial charge in [0.2, 0.25) is 9.84 Å². The first kappa shape index (κ1) is 9.22. The number of nitrogens with zero attached hydrogens (tertiary/aromatic N) is 1. The zero-order valence-electron chi connectivity index (χ0n) is 7.23. The summed E-state index contributed by atoms with van der Waals surface area (Å²) in [5, 5.41) is 6.38. The van der Waals surface area contributed by atoms with Crippen LogP contribution >= 0.6 is 0 Å². The summed E-state index contributed by atoms with van der Waals surface area (Å²) in [7, 11) is -3.33. The van der Waals surface area contributed by atoms with Gasteiger partial charge in [-0.05, 0) is 12.1 Å². The maximum Gasteiger partial charge on any atom is 0.200 e. The smallest absolute Gasteiger partial charge is 0.200 e. The number of hydrogen-bond donors (Lipinski definition) is 2. The number of aromatic nitrogens is 2. The standard InChI is InChI=1S/C7H9N3O3S/c11-14(12,7-2-4-13-10-7)5-6-1-3-8-9-6/h1-3,10H,4-5H2,(H,8,9). The van der Waals surface area contributed by atoms with E-state index in [1.54, 1.807) is 6.07 Å². The molecule has 76 valence electrons. The second-order valence-corrected chi connectivity index (χ2v) is 4.78. The van der Waals surface area contributed by atoms with E-state index in [9.17, 15) is 8.42 Å². The Morgan fingerprint density at radius 1 is 1.57 bits per heavy atom. The Bertz CT molecular complexity index is 435. The van der Waals surface area contributed by atoms with E-state index in [-0.39, 0.29) is 17.4 Å². The van der Waals surface area contributed by atoms with E-state index >= 15 is 0 Å². The van der Waals surface area contributed by atoms with Crippen LogP contribution in [0.4, 0.5) is 0 Å². The van der Waals surface area contributed by atoms with Crippen LogP contribution < -0.4 is 5.48 Å². The quantitative estimate of drug-likeness (QED) is 0.723. The van der Waals surface area contributed by atoms with E-state index < -0.39 is 9.84 Å². The van der Waals surface area contributed by atoms with Crippen LogP contribution in [0, 0.1) is 0 Å². The van der Waals surface area contributed by atoms with Crippen molar-refractivity contribution < 1.29 is 13.3 Å². The molecular formula is C7H9N3O3S. The van der Waals surface area contributed by atoms with Gasteiger partial charge in [-0.25, -0.2) is 8.42 Å². The fourth-order valence-corrected chi connectivity index (χ4v) is 2.34. The average molecular weight is 215 g/mol. The minimum absolute atomic E-state index is 0.102. The summed E-state index contributed by atoms with van der Waals surface area (Å²) in [6, 6.07) is 1.62. The maximum absolute atomic E-state index is 11.6. The van der Waals surface area contributed by atoms with E-state index in [1.165, 1.54) is 12.3 Å². The normalized spacial score (nSPS) is 16.4. The molecule has 0 fully saturated rings. The molecule has 6 nitrogen and oxygen atoms in total. The highest BCUT2D eigenvalue weighted by Crippen LogP contribution is 2.13. The van der Waals surface area contributed by atoms with Crippen molar-refractivity contribution in [2.24, 2.45) is 0 Å². The Kier molecular flexibility index (Phi) is 2.26. The molecule has 0 saturated carbocycles. The minimum atomic E-state index is -3.33. The molecule has 0 aromatic carbocycles. The lowest BCUT2D eigenvalue weighted by Gasteiger charge is -2.03. The molecule has 0 aliphatic carbocycles. The van der Waals surface area contributed by atoms with E-state index in [0.717, 1.165) is 0 Å². The number of rotatable bonds is 3. The van der Waals surface area contributed by atoms with Gasteiger partial charge in [0.05, 0.1) is 18.1 Å². The van der Waals surface area contributed by atoms with Crippen LogP contribution in [0.25, 0.3) is 0 Å². The fraction of sp³-hybridized carbons (Fsp3) is 0.286. The molecule has 1 aliphatic heterocycles. The van der Waals surface area contributed by atoms with Crippen molar-refractivity contribution in [1.82, 2.24) is 15.7 Å². The Morgan fingerprint density at radius 3 is 3.00 bits per heavy atom. The lowest BCUT2D eigenvalue weighted by molar-refractivity contribution is 0.113. The van der Waals surface area contributed by atoms with Crippen molar-refractivity contribution >= 4 is 9.84 Å². The van der Waals surface area contributed by atoms with Crippen LogP contribution in [0.5, 0.6) is 0 Å². The van der Waals surface area contributed by atoms with Gasteiger partial charge in [0, 0.05) is 6.20 Å². The number of hydrogen-bond acceptors (Lipinski definition) is 5. The second-order valence-electron chi connectivity index (χ2n) is 2.82. The average Bonchev–Trinajstić information content (AvgIpc) is 2.71. The number of aromatic amines is 1. The van der Waals surface area contributed by atoms with Crippen molar-refractivity contribution in [3.63, 3.8) is 0 Å². The predicted molar refractivity (Wildman–Crippen MR) is 48.4 cm³/mol. The first-order chi connectivity index (χ1) is 6.68. The molecule has 0 amide bonds. The molecule has 1 aromatic rings. The number of sulfone groups is 1. The second kappa shape index (κ2) is 3.43. The monoisotopic (exact) mass is 215 g/mol. The molecule has 2 heterocycles. The van der Waals surface area contributed by atoms with Gasteiger partial charge in [0.15, 0.2) is 5.03 Å². The van der Waals surface area contributed by atoms with Gasteiger partial charge in [-0.1, -0.05) is 0 Å². The molecule has 0 spiro atoms. The van der Waals surface area contributed by atoms with Gasteiger partial charge in [0.1, 0.15) is 0 Å². The Labute approximate surface area is 80.8 Å². The number of hydroxylamine groups is 1. The van der Waals surface area contributed by atoms with Gasteiger partial charge >= 0.3 is 0 Å². The summed E-state index contributed by atoms with van der Waals surface area (Å²) in [4.78, 5) is 4.72. The third kappa shape index (κ3) is 1.78. The fourth-order valence-electron chi connectivity index (χ4n) is 1.11. The molecule has 14 heavy (non-hydrogen) atoms. The molecule has 0 saturated heterocycles. The van der Waals surface area contributed by atoms with E-state index in [4.69, 9.17) is 4.84 Å². The van der Waals surface area contributed by atoms with Crippen LogP contribution in [0.15, 0.2) is 23.4 Å². The minimum Gasteiger partial charge on any atom is -0.282 e. The largest absolute Gasteiger partial charge is 0.282 e. The van der Waals surface area contributed by atoms with Crippen LogP contribution in [0.3, 0.4) is 0 Å². The first-order valence-electron chi connectivity index (χ1n) is 3.97. The lowest BCUT2D eigenvalue weighted by atomic mass is 10.5. The summed E-state index contributed by atoms with van der Waals surface area (Å²) in [6.45, 7) is 0.275. The molecule has 0 radical (unpaired) electrons. The topological polar surface area (TPSA) is 84.1 Å². The molecular weight excluding hydrogens is 206 g/mol. The highest BCUT2D eigenvalue weighted by Gasteiger charge is 2.21. The van der Waals surface area contributed by atoms with Gasteiger partial charge in [-0.15, -0.1) is 0 Å². The molecule has 1 aromatic heterocycles. The predicted octanol–water partition coefficient (Wildman–Crippen LogP) is -0.299. The summed E-state index contributed by atoms with van der Waals surface area (Å²) in [5.74, 6) is -0.102. The van der Waals surface area contributed by atoms with Crippen molar-refractivity contribution in [1.29, 1.82) is 0 Å². The van der Waals surface area contributed by atoms with Gasteiger partial charge in [-0.2, -0.15) is 5.10 Å². The number of H-pyrrole nitrogens is 1. The summed E-state index contributed by atoms with van der Waals surface area (Å²) in [6.07, 6.45) is 3.00. The molecule has 1 aliphatic rings. The first-order valence-corrected chi connectivity index (χ1v) is 5.63. The lowest BCUT2D eigenvalue weighted by Crippen LogP contribution is -2.17. The van der Waals surface area contributed by atoms with E-state index in [2.05, 4.69) is 15.7 Å². The third-order valence-electron chi connectivity index (χ3n) is 1.76. The van der Waals surface area contributed by atoms with Crippen LogP contribution in [0.2, 0.25) is 0 Å². The van der Waals surface area contributed by atoms with Crippen molar-refractivity contribution in [2.45, 2.75) is 5.75 Å². The van der Waals surface area contributed by atoms with Crippen molar-refractivity contribution in [3.8, 4) is 0 Å². The van der Waals surface area contributed by atoms with Gasteiger partial charge < -0.3 is 0 Å². The molecule has 7 heteroatoms. The number of nitrogens with one attached hydrogen (secondary N) is 2. The van der Waals surface area contributed by atoms with E-state index in [1.807, 2.05) is 0 Å². The highest BCUT2D eigenvalue weighted by atomic mass is 32.2. The Morgan fingerprint density at radius 2 is 2.43 bits per heavy atom. The van der Waals surface area contributed by atoms with Gasteiger partial charge in [-0.3, -0.25) is 15.4 Å². The summed E-state index contributed by atoms with van der Waals surface area (Å²) in [5.41, 5.74) is 2.90. The van der Waals surface area contributed by atoms with Crippen LogP contribution in [-0.4, -0.2) is 25.2 Å². The summed E-state index contributed by atoms with van der Waals surface area (Å²) >= 11 is 0. The SMILES string of the molecule is O=S(=O)(Cc1ccn[nH]1)C1=CCON1. The molecule has 2 N–H and O–H groups in total. The summed E-state index contributed by atoms with van der Waals surface area (Å²) < 4.78 is 23.3. The molecule has 0 unspecified atom stereocenters. The zero-order valence-corrected chi connectivity index (χ0v) is 8.04. The third-order valence-corrected chi connectivity index (χ3v) is 3.37. The van der Waals surface area contributed by atoms with Crippen molar-refractivity contribution in [3.05, 3.63) is 29.1 Å². The Balaban J connectivity index is 2.17. The molecule has 2 rings (SSSR count). The van der Waals surface area contributed by atoms with Crippen LogP contribution in [-0.2, 0) is 20.4 Å². The zero-order chi connectivity index (χ0) is 10.0. The van der Waals surface area contributed by atoms with Crippen molar-refractivity contribution in [2.75, 3.05) is 6.61 Å². The highest BCUT2D eigenvalue weighted by molar-refractivity contribution is 7.94.